The highest BCUT2D eigenvalue weighted by molar-refractivity contribution is 5.86. The van der Waals surface area contributed by atoms with Crippen molar-refractivity contribution in [2.75, 3.05) is 0 Å². The second kappa shape index (κ2) is 7.70. The maximum absolute atomic E-state index is 13.4. The third-order valence-electron chi connectivity index (χ3n) is 2.69. The fourth-order valence-electron chi connectivity index (χ4n) is 1.63. The van der Waals surface area contributed by atoms with Gasteiger partial charge in [-0.25, -0.2) is 26.7 Å². The van der Waals surface area contributed by atoms with Crippen molar-refractivity contribution in [2.45, 2.75) is 26.0 Å². The highest BCUT2D eigenvalue weighted by Crippen LogP contribution is 2.23. The summed E-state index contributed by atoms with van der Waals surface area (Å²) in [5.74, 6) is -15.3. The molecule has 0 bridgehead atoms. The predicted molar refractivity (Wildman–Crippen MR) is 63.3 cm³/mol. The van der Waals surface area contributed by atoms with E-state index in [2.05, 4.69) is 4.74 Å². The van der Waals surface area contributed by atoms with E-state index in [9.17, 15) is 41.4 Å². The zero-order valence-electron chi connectivity index (χ0n) is 11.9. The molecule has 24 heavy (non-hydrogen) atoms. The summed E-state index contributed by atoms with van der Waals surface area (Å²) >= 11 is 0. The third kappa shape index (κ3) is 4.40. The van der Waals surface area contributed by atoms with E-state index >= 15 is 0 Å². The molecule has 1 amide bonds. The molecule has 0 heterocycles. The number of ether oxygens (including phenoxy) is 1. The molecule has 1 atom stereocenters. The van der Waals surface area contributed by atoms with Gasteiger partial charge in [0.1, 0.15) is 12.6 Å². The lowest BCUT2D eigenvalue weighted by atomic mass is 10.1. The van der Waals surface area contributed by atoms with Crippen LogP contribution in [-0.4, -0.2) is 23.9 Å². The number of carboxylic acids is 1. The zero-order chi connectivity index (χ0) is 18.6. The average Bonchev–Trinajstić information content (AvgIpc) is 2.49. The molecule has 132 valence electrons. The zero-order valence-corrected chi connectivity index (χ0v) is 11.9. The van der Waals surface area contributed by atoms with Gasteiger partial charge in [-0.1, -0.05) is 0 Å². The largest absolute Gasteiger partial charge is 0.550 e. The number of hydrogen-bond acceptors (Lipinski definition) is 5. The van der Waals surface area contributed by atoms with Crippen molar-refractivity contribution in [3.63, 3.8) is 0 Å². The van der Waals surface area contributed by atoms with Crippen LogP contribution in [0.15, 0.2) is 0 Å². The Hall–Kier alpha value is -2.72. The van der Waals surface area contributed by atoms with Gasteiger partial charge in [0.25, 0.3) is 0 Å². The summed E-state index contributed by atoms with van der Waals surface area (Å²) in [6.07, 6.45) is -1.02. The monoisotopic (exact) mass is 354 g/mol. The molecule has 1 aromatic carbocycles. The van der Waals surface area contributed by atoms with Crippen molar-refractivity contribution >= 4 is 17.8 Å². The van der Waals surface area contributed by atoms with Crippen LogP contribution in [0.5, 0.6) is 0 Å². The Morgan fingerprint density at radius 1 is 1.00 bits per heavy atom. The van der Waals surface area contributed by atoms with Gasteiger partial charge in [0.2, 0.25) is 11.7 Å². The van der Waals surface area contributed by atoms with E-state index in [-0.39, 0.29) is 0 Å². The maximum Gasteiger partial charge on any atom is 0.329 e. The minimum absolute atomic E-state index is 0.825. The van der Waals surface area contributed by atoms with E-state index in [1.54, 1.807) is 0 Å². The second-order valence-corrected chi connectivity index (χ2v) is 4.49. The van der Waals surface area contributed by atoms with Gasteiger partial charge in [0.15, 0.2) is 23.3 Å². The van der Waals surface area contributed by atoms with Crippen molar-refractivity contribution in [1.29, 1.82) is 0 Å². The van der Waals surface area contributed by atoms with Crippen LogP contribution in [0, 0.1) is 29.1 Å². The predicted octanol–water partition coefficient (Wildman–Crippen LogP) is 0.0700. The first-order valence-electron chi connectivity index (χ1n) is 6.20. The lowest BCUT2D eigenvalue weighted by Crippen LogP contribution is -2.44. The standard InChI is InChI=1S/C13H10F5NO5/c1-4(20)19-6(2-7(21)22)13(23)24-3-5-8(14)10(16)12(18)11(17)9(5)15/h6H,2-3H2,1H3,(H,19,20)(H,21,22)/p-1. The molecule has 0 radical (unpaired) electrons. The normalized spacial score (nSPS) is 11.8. The summed E-state index contributed by atoms with van der Waals surface area (Å²) < 4.78 is 69.9. The van der Waals surface area contributed by atoms with Crippen LogP contribution in [-0.2, 0) is 25.7 Å². The van der Waals surface area contributed by atoms with E-state index in [4.69, 9.17) is 0 Å². The summed E-state index contributed by atoms with van der Waals surface area (Å²) in [7, 11) is 0. The molecule has 0 aromatic heterocycles. The summed E-state index contributed by atoms with van der Waals surface area (Å²) in [4.78, 5) is 32.9. The molecule has 1 aromatic rings. The SMILES string of the molecule is CC(=O)NC(CC(=O)[O-])C(=O)OCc1c(F)c(F)c(F)c(F)c1F. The van der Waals surface area contributed by atoms with E-state index in [1.165, 1.54) is 0 Å². The van der Waals surface area contributed by atoms with Crippen LogP contribution >= 0.6 is 0 Å². The number of esters is 1. The number of amides is 1. The first-order chi connectivity index (χ1) is 11.1. The number of carbonyl (C=O) groups excluding carboxylic acids is 3. The Morgan fingerprint density at radius 2 is 1.46 bits per heavy atom. The quantitative estimate of drug-likeness (QED) is 0.338. The van der Waals surface area contributed by atoms with Crippen molar-refractivity contribution in [2.24, 2.45) is 0 Å². The van der Waals surface area contributed by atoms with Gasteiger partial charge in [-0.3, -0.25) is 4.79 Å². The molecule has 1 rings (SSSR count). The van der Waals surface area contributed by atoms with Crippen LogP contribution in [0.4, 0.5) is 22.0 Å². The molecule has 1 unspecified atom stereocenters. The highest BCUT2D eigenvalue weighted by Gasteiger charge is 2.28. The average molecular weight is 354 g/mol. The van der Waals surface area contributed by atoms with Crippen LogP contribution < -0.4 is 10.4 Å². The Bertz CT molecular complexity index is 649. The first-order valence-corrected chi connectivity index (χ1v) is 6.20. The van der Waals surface area contributed by atoms with Gasteiger partial charge in [0, 0.05) is 19.3 Å². The summed E-state index contributed by atoms with van der Waals surface area (Å²) in [5, 5.41) is 12.4. The second-order valence-electron chi connectivity index (χ2n) is 4.49. The van der Waals surface area contributed by atoms with Crippen LogP contribution in [0.1, 0.15) is 18.9 Å². The van der Waals surface area contributed by atoms with Gasteiger partial charge in [-0.05, 0) is 0 Å². The molecule has 11 heteroatoms. The topological polar surface area (TPSA) is 95.5 Å². The minimum Gasteiger partial charge on any atom is -0.550 e. The molecule has 0 saturated heterocycles. The molecule has 6 nitrogen and oxygen atoms in total. The number of hydrogen-bond donors (Lipinski definition) is 1. The minimum atomic E-state index is -2.38. The van der Waals surface area contributed by atoms with Crippen molar-refractivity contribution in [3.05, 3.63) is 34.6 Å². The van der Waals surface area contributed by atoms with E-state index in [0.29, 0.717) is 0 Å². The molecule has 0 aliphatic rings. The fraction of sp³-hybridized carbons (Fsp3) is 0.308. The summed E-state index contributed by atoms with van der Waals surface area (Å²) in [6, 6.07) is -1.76. The number of nitrogens with one attached hydrogen (secondary N) is 1. The van der Waals surface area contributed by atoms with E-state index < -0.39 is 71.6 Å². The van der Waals surface area contributed by atoms with Gasteiger partial charge >= 0.3 is 5.97 Å². The van der Waals surface area contributed by atoms with Gasteiger partial charge in [0.05, 0.1) is 5.56 Å². The Kier molecular flexibility index (Phi) is 6.20. The molecule has 0 saturated carbocycles. The molecule has 0 aliphatic heterocycles. The Labute approximate surface area is 131 Å². The number of carbonyl (C=O) groups is 3. The van der Waals surface area contributed by atoms with Crippen molar-refractivity contribution < 1.29 is 46.2 Å². The molecular formula is C13H9F5NO5-. The number of halogens is 5. The van der Waals surface area contributed by atoms with Crippen LogP contribution in [0.3, 0.4) is 0 Å². The van der Waals surface area contributed by atoms with Gasteiger partial charge in [-0.15, -0.1) is 0 Å². The number of carboxylic acid groups (broad SMARTS) is 1. The lowest BCUT2D eigenvalue weighted by molar-refractivity contribution is -0.306. The molecule has 1 N–H and O–H groups in total. The summed E-state index contributed by atoms with van der Waals surface area (Å²) in [6.45, 7) is -0.423. The number of benzene rings is 1. The summed E-state index contributed by atoms with van der Waals surface area (Å²) in [5.41, 5.74) is -1.42. The van der Waals surface area contributed by atoms with E-state index in [0.717, 1.165) is 6.92 Å². The molecule has 0 spiro atoms. The highest BCUT2D eigenvalue weighted by atomic mass is 19.2. The Balaban J connectivity index is 2.97. The number of rotatable bonds is 6. The van der Waals surface area contributed by atoms with Gasteiger partial charge < -0.3 is 20.0 Å². The van der Waals surface area contributed by atoms with Crippen molar-refractivity contribution in [1.82, 2.24) is 5.32 Å². The first kappa shape index (κ1) is 19.3. The van der Waals surface area contributed by atoms with Gasteiger partial charge in [-0.2, -0.15) is 0 Å². The Morgan fingerprint density at radius 3 is 1.88 bits per heavy atom. The fourth-order valence-corrected chi connectivity index (χ4v) is 1.63. The van der Waals surface area contributed by atoms with E-state index in [1.807, 2.05) is 5.32 Å². The third-order valence-corrected chi connectivity index (χ3v) is 2.69. The van der Waals surface area contributed by atoms with Crippen molar-refractivity contribution in [3.8, 4) is 0 Å². The maximum atomic E-state index is 13.4. The lowest BCUT2D eigenvalue weighted by Gasteiger charge is -2.17. The smallest absolute Gasteiger partial charge is 0.329 e. The molecular weight excluding hydrogens is 345 g/mol. The molecule has 0 aliphatic carbocycles. The van der Waals surface area contributed by atoms with Crippen LogP contribution in [0.2, 0.25) is 0 Å². The molecule has 0 fully saturated rings. The van der Waals surface area contributed by atoms with Crippen LogP contribution in [0.25, 0.3) is 0 Å². The number of aliphatic carboxylic acids is 1.